The smallest absolute Gasteiger partial charge is 0.182 e. The van der Waals surface area contributed by atoms with Crippen molar-refractivity contribution in [2.24, 2.45) is 0 Å². The number of anilines is 1. The third-order valence-electron chi connectivity index (χ3n) is 3.53. The van der Waals surface area contributed by atoms with E-state index < -0.39 is 0 Å². The van der Waals surface area contributed by atoms with Crippen molar-refractivity contribution < 1.29 is 4.74 Å². The average Bonchev–Trinajstić information content (AvgIpc) is 3.11. The summed E-state index contributed by atoms with van der Waals surface area (Å²) in [5.41, 5.74) is 2.94. The van der Waals surface area contributed by atoms with Gasteiger partial charge in [-0.15, -0.1) is 0 Å². The minimum absolute atomic E-state index is 0.601. The number of benzene rings is 1. The van der Waals surface area contributed by atoms with Crippen LogP contribution < -0.4 is 10.1 Å². The Morgan fingerprint density at radius 1 is 1.30 bits per heavy atom. The Hall–Kier alpha value is -1.55. The predicted molar refractivity (Wildman–Crippen MR) is 83.7 cm³/mol. The van der Waals surface area contributed by atoms with E-state index in [1.807, 2.05) is 6.20 Å². The summed E-state index contributed by atoms with van der Waals surface area (Å²) in [6, 6.07) is 6.49. The number of nitrogens with zero attached hydrogens (tertiary/aromatic N) is 1. The molecule has 1 heterocycles. The maximum atomic E-state index is 5.88. The molecule has 0 bridgehead atoms. The molecule has 3 nitrogen and oxygen atoms in total. The minimum Gasteiger partial charge on any atom is -0.488 e. The van der Waals surface area contributed by atoms with Crippen molar-refractivity contribution in [3.05, 3.63) is 40.4 Å². The van der Waals surface area contributed by atoms with E-state index in [2.05, 4.69) is 35.4 Å². The fourth-order valence-corrected chi connectivity index (χ4v) is 3.23. The number of rotatable bonds is 6. The SMILES string of the molecule is CCCNc1ncc(COc2ccc3c(c2)CCC3)s1. The number of nitrogens with one attached hydrogen (secondary N) is 1. The van der Waals surface area contributed by atoms with Crippen LogP contribution in [0.25, 0.3) is 0 Å². The van der Waals surface area contributed by atoms with Crippen molar-refractivity contribution in [1.29, 1.82) is 0 Å². The number of ether oxygens (including phenoxy) is 1. The third-order valence-corrected chi connectivity index (χ3v) is 4.46. The fraction of sp³-hybridized carbons (Fsp3) is 0.438. The number of aryl methyl sites for hydroxylation is 2. The average molecular weight is 288 g/mol. The maximum absolute atomic E-state index is 5.88. The summed E-state index contributed by atoms with van der Waals surface area (Å²) < 4.78 is 5.88. The van der Waals surface area contributed by atoms with Crippen LogP contribution in [0, 0.1) is 0 Å². The van der Waals surface area contributed by atoms with Gasteiger partial charge in [-0.1, -0.05) is 24.3 Å². The maximum Gasteiger partial charge on any atom is 0.182 e. The number of aromatic nitrogens is 1. The van der Waals surface area contributed by atoms with Gasteiger partial charge >= 0.3 is 0 Å². The Kier molecular flexibility index (Phi) is 4.21. The van der Waals surface area contributed by atoms with Crippen LogP contribution in [0.15, 0.2) is 24.4 Å². The molecule has 106 valence electrons. The lowest BCUT2D eigenvalue weighted by atomic mass is 10.1. The normalized spacial score (nSPS) is 13.2. The van der Waals surface area contributed by atoms with Gasteiger partial charge in [0.05, 0.1) is 4.88 Å². The molecule has 4 heteroatoms. The van der Waals surface area contributed by atoms with Crippen molar-refractivity contribution in [3.63, 3.8) is 0 Å². The second-order valence-electron chi connectivity index (χ2n) is 5.13. The molecule has 0 amide bonds. The van der Waals surface area contributed by atoms with E-state index in [0.717, 1.165) is 28.7 Å². The Morgan fingerprint density at radius 2 is 2.20 bits per heavy atom. The first-order valence-corrected chi connectivity index (χ1v) is 8.10. The van der Waals surface area contributed by atoms with Crippen molar-refractivity contribution in [3.8, 4) is 5.75 Å². The van der Waals surface area contributed by atoms with Crippen LogP contribution in [0.3, 0.4) is 0 Å². The molecule has 2 aromatic rings. The molecule has 0 atom stereocenters. The van der Waals surface area contributed by atoms with Gasteiger partial charge in [0.15, 0.2) is 5.13 Å². The third kappa shape index (κ3) is 3.12. The highest BCUT2D eigenvalue weighted by atomic mass is 32.1. The Labute approximate surface area is 124 Å². The molecular formula is C16H20N2OS. The van der Waals surface area contributed by atoms with E-state index in [4.69, 9.17) is 4.74 Å². The van der Waals surface area contributed by atoms with Crippen LogP contribution in [0.1, 0.15) is 35.8 Å². The highest BCUT2D eigenvalue weighted by Crippen LogP contribution is 2.27. The van der Waals surface area contributed by atoms with Gasteiger partial charge in [0.1, 0.15) is 12.4 Å². The van der Waals surface area contributed by atoms with E-state index in [1.165, 1.54) is 30.4 Å². The molecule has 0 spiro atoms. The summed E-state index contributed by atoms with van der Waals surface area (Å²) in [5, 5.41) is 4.28. The molecular weight excluding hydrogens is 268 g/mol. The standard InChI is InChI=1S/C16H20N2OS/c1-2-8-17-16-18-10-15(20-16)11-19-14-7-6-12-4-3-5-13(12)9-14/h6-7,9-10H,2-5,8,11H2,1H3,(H,17,18). The van der Waals surface area contributed by atoms with Gasteiger partial charge in [-0.25, -0.2) is 4.98 Å². The molecule has 1 aromatic carbocycles. The number of hydrogen-bond acceptors (Lipinski definition) is 4. The molecule has 20 heavy (non-hydrogen) atoms. The monoisotopic (exact) mass is 288 g/mol. The fourth-order valence-electron chi connectivity index (χ4n) is 2.48. The lowest BCUT2D eigenvalue weighted by molar-refractivity contribution is 0.309. The van der Waals surface area contributed by atoms with E-state index in [9.17, 15) is 0 Å². The lowest BCUT2D eigenvalue weighted by Gasteiger charge is -2.06. The molecule has 1 aliphatic rings. The van der Waals surface area contributed by atoms with Crippen molar-refractivity contribution in [1.82, 2.24) is 4.98 Å². The Bertz CT molecular complexity index is 580. The second-order valence-corrected chi connectivity index (χ2v) is 6.25. The van der Waals surface area contributed by atoms with Crippen LogP contribution in [-0.2, 0) is 19.4 Å². The number of thiazole rings is 1. The van der Waals surface area contributed by atoms with Crippen molar-refractivity contribution in [2.75, 3.05) is 11.9 Å². The number of fused-ring (bicyclic) bond motifs is 1. The first-order chi connectivity index (χ1) is 9.85. The van der Waals surface area contributed by atoms with Gasteiger partial charge in [-0.3, -0.25) is 0 Å². The summed E-state index contributed by atoms with van der Waals surface area (Å²) in [6.07, 6.45) is 6.70. The van der Waals surface area contributed by atoms with Crippen molar-refractivity contribution in [2.45, 2.75) is 39.2 Å². The van der Waals surface area contributed by atoms with Crippen LogP contribution in [0.2, 0.25) is 0 Å². The van der Waals surface area contributed by atoms with Crippen LogP contribution in [0.4, 0.5) is 5.13 Å². The quantitative estimate of drug-likeness (QED) is 0.871. The van der Waals surface area contributed by atoms with Gasteiger partial charge in [-0.2, -0.15) is 0 Å². The van der Waals surface area contributed by atoms with Crippen LogP contribution in [-0.4, -0.2) is 11.5 Å². The Morgan fingerprint density at radius 3 is 3.10 bits per heavy atom. The highest BCUT2D eigenvalue weighted by Gasteiger charge is 2.11. The second kappa shape index (κ2) is 6.27. The topological polar surface area (TPSA) is 34.2 Å². The van der Waals surface area contributed by atoms with E-state index in [-0.39, 0.29) is 0 Å². The van der Waals surface area contributed by atoms with Gasteiger partial charge < -0.3 is 10.1 Å². The lowest BCUT2D eigenvalue weighted by Crippen LogP contribution is -1.98. The van der Waals surface area contributed by atoms with Crippen LogP contribution >= 0.6 is 11.3 Å². The molecule has 0 radical (unpaired) electrons. The molecule has 0 unspecified atom stereocenters. The Balaban J connectivity index is 1.57. The predicted octanol–water partition coefficient (Wildman–Crippen LogP) is 4.03. The molecule has 0 saturated carbocycles. The number of hydrogen-bond donors (Lipinski definition) is 1. The van der Waals surface area contributed by atoms with Crippen molar-refractivity contribution >= 4 is 16.5 Å². The van der Waals surface area contributed by atoms with Gasteiger partial charge in [0.25, 0.3) is 0 Å². The van der Waals surface area contributed by atoms with Crippen LogP contribution in [0.5, 0.6) is 5.75 Å². The summed E-state index contributed by atoms with van der Waals surface area (Å²) in [5.74, 6) is 0.974. The molecule has 0 aliphatic heterocycles. The van der Waals surface area contributed by atoms with E-state index >= 15 is 0 Å². The summed E-state index contributed by atoms with van der Waals surface area (Å²) in [6.45, 7) is 3.72. The first-order valence-electron chi connectivity index (χ1n) is 7.28. The summed E-state index contributed by atoms with van der Waals surface area (Å²) in [7, 11) is 0. The molecule has 1 aliphatic carbocycles. The van der Waals surface area contributed by atoms with E-state index in [0.29, 0.717) is 6.61 Å². The zero-order valence-electron chi connectivity index (χ0n) is 11.8. The minimum atomic E-state index is 0.601. The van der Waals surface area contributed by atoms with Gasteiger partial charge in [0.2, 0.25) is 0 Å². The van der Waals surface area contributed by atoms with Gasteiger partial charge in [-0.05, 0) is 48.9 Å². The van der Waals surface area contributed by atoms with E-state index in [1.54, 1.807) is 11.3 Å². The zero-order chi connectivity index (χ0) is 13.8. The molecule has 1 aromatic heterocycles. The summed E-state index contributed by atoms with van der Waals surface area (Å²) >= 11 is 1.67. The molecule has 1 N–H and O–H groups in total. The molecule has 0 fully saturated rings. The van der Waals surface area contributed by atoms with Gasteiger partial charge in [0, 0.05) is 12.7 Å². The first kappa shape index (κ1) is 13.4. The zero-order valence-corrected chi connectivity index (χ0v) is 12.6. The highest BCUT2D eigenvalue weighted by molar-refractivity contribution is 7.15. The largest absolute Gasteiger partial charge is 0.488 e. The molecule has 0 saturated heterocycles. The summed E-state index contributed by atoms with van der Waals surface area (Å²) in [4.78, 5) is 5.51. The molecule has 3 rings (SSSR count).